The van der Waals surface area contributed by atoms with Gasteiger partial charge in [-0.05, 0) is 18.7 Å². The number of nitrogens with zero attached hydrogens (tertiary/aromatic N) is 1. The smallest absolute Gasteiger partial charge is 0.295 e. The number of ketones is 1. The fourth-order valence-electron chi connectivity index (χ4n) is 1.72. The molecular weight excluding hydrogens is 281 g/mol. The molecule has 0 aliphatic heterocycles. The van der Waals surface area contributed by atoms with E-state index in [-0.39, 0.29) is 19.5 Å². The van der Waals surface area contributed by atoms with Crippen LogP contribution in [-0.4, -0.2) is 36.5 Å². The Bertz CT molecular complexity index is 472. The minimum Gasteiger partial charge on any atom is -0.295 e. The van der Waals surface area contributed by atoms with Crippen LogP contribution in [0.2, 0.25) is 0 Å². The summed E-state index contributed by atoms with van der Waals surface area (Å²) in [5, 5.41) is 0. The summed E-state index contributed by atoms with van der Waals surface area (Å²) in [5.74, 6) is -3.14. The average molecular weight is 295 g/mol. The number of carbonyl (C=O) groups is 1. The van der Waals surface area contributed by atoms with E-state index in [1.807, 2.05) is 0 Å². The Balaban J connectivity index is 2.64. The molecule has 0 atom stereocenters. The fraction of sp³-hybridized carbons (Fsp3) is 0.462. The zero-order chi connectivity index (χ0) is 15.3. The molecular formula is C13H14F5NO. The third-order valence-electron chi connectivity index (χ3n) is 2.76. The number of Topliss-reactive ketones (excluding diaryl/α,β-unsaturated/α-hetero) is 1. The summed E-state index contributed by atoms with van der Waals surface area (Å²) in [6, 6.07) is 3.16. The lowest BCUT2D eigenvalue weighted by molar-refractivity contribution is -0.145. The van der Waals surface area contributed by atoms with E-state index in [1.54, 1.807) is 0 Å². The lowest BCUT2D eigenvalue weighted by Crippen LogP contribution is -2.35. The number of rotatable bonds is 6. The SMILES string of the molecule is CCN(CCC(=O)c1cccc(F)c1F)CC(F)(F)F. The fourth-order valence-corrected chi connectivity index (χ4v) is 1.72. The second-order valence-corrected chi connectivity index (χ2v) is 4.26. The Hall–Kier alpha value is -1.50. The molecule has 1 rings (SSSR count). The summed E-state index contributed by atoms with van der Waals surface area (Å²) in [6.07, 6.45) is -4.66. The number of alkyl halides is 3. The largest absolute Gasteiger partial charge is 0.401 e. The van der Waals surface area contributed by atoms with Crippen LogP contribution in [0.1, 0.15) is 23.7 Å². The van der Waals surface area contributed by atoms with Crippen molar-refractivity contribution in [3.05, 3.63) is 35.4 Å². The van der Waals surface area contributed by atoms with Gasteiger partial charge in [-0.1, -0.05) is 13.0 Å². The van der Waals surface area contributed by atoms with E-state index in [4.69, 9.17) is 0 Å². The lowest BCUT2D eigenvalue weighted by Gasteiger charge is -2.21. The summed E-state index contributed by atoms with van der Waals surface area (Å²) < 4.78 is 62.9. The molecule has 0 amide bonds. The molecule has 112 valence electrons. The molecule has 1 aromatic carbocycles. The first-order valence-corrected chi connectivity index (χ1v) is 6.01. The van der Waals surface area contributed by atoms with Gasteiger partial charge in [-0.25, -0.2) is 8.78 Å². The number of hydrogen-bond acceptors (Lipinski definition) is 2. The van der Waals surface area contributed by atoms with Gasteiger partial charge >= 0.3 is 6.18 Å². The van der Waals surface area contributed by atoms with E-state index in [0.717, 1.165) is 17.0 Å². The third kappa shape index (κ3) is 4.88. The van der Waals surface area contributed by atoms with E-state index < -0.39 is 35.7 Å². The van der Waals surface area contributed by atoms with Crippen molar-refractivity contribution in [3.8, 4) is 0 Å². The van der Waals surface area contributed by atoms with Crippen LogP contribution in [0.25, 0.3) is 0 Å². The van der Waals surface area contributed by atoms with E-state index in [0.29, 0.717) is 0 Å². The van der Waals surface area contributed by atoms with Gasteiger partial charge in [0, 0.05) is 13.0 Å². The molecule has 0 aliphatic rings. The summed E-state index contributed by atoms with van der Waals surface area (Å²) >= 11 is 0. The monoisotopic (exact) mass is 295 g/mol. The van der Waals surface area contributed by atoms with Crippen molar-refractivity contribution in [1.29, 1.82) is 0 Å². The van der Waals surface area contributed by atoms with Crippen molar-refractivity contribution in [2.75, 3.05) is 19.6 Å². The van der Waals surface area contributed by atoms with Gasteiger partial charge in [-0.2, -0.15) is 13.2 Å². The maximum absolute atomic E-state index is 13.3. The van der Waals surface area contributed by atoms with Crippen molar-refractivity contribution >= 4 is 5.78 Å². The third-order valence-corrected chi connectivity index (χ3v) is 2.76. The molecule has 0 saturated heterocycles. The van der Waals surface area contributed by atoms with Crippen LogP contribution < -0.4 is 0 Å². The second kappa shape index (κ2) is 6.78. The predicted octanol–water partition coefficient (Wildman–Crippen LogP) is 3.42. The Morgan fingerprint density at radius 1 is 1.25 bits per heavy atom. The van der Waals surface area contributed by atoms with Gasteiger partial charge in [0.25, 0.3) is 0 Å². The van der Waals surface area contributed by atoms with Gasteiger partial charge < -0.3 is 0 Å². The zero-order valence-electron chi connectivity index (χ0n) is 10.8. The first-order chi connectivity index (χ1) is 9.24. The standard InChI is InChI=1S/C13H14F5NO/c1-2-19(8-13(16,17)18)7-6-11(20)9-4-3-5-10(14)12(9)15/h3-5H,2,6-8H2,1H3. The minimum absolute atomic E-state index is 0.110. The van der Waals surface area contributed by atoms with Crippen LogP contribution in [0, 0.1) is 11.6 Å². The molecule has 0 N–H and O–H groups in total. The summed E-state index contributed by atoms with van der Waals surface area (Å²) in [5.41, 5.74) is -0.437. The van der Waals surface area contributed by atoms with Gasteiger partial charge in [0.05, 0.1) is 12.1 Å². The Morgan fingerprint density at radius 3 is 2.45 bits per heavy atom. The highest BCUT2D eigenvalue weighted by atomic mass is 19.4. The summed E-state index contributed by atoms with van der Waals surface area (Å²) in [4.78, 5) is 12.7. The Morgan fingerprint density at radius 2 is 1.90 bits per heavy atom. The van der Waals surface area contributed by atoms with Crippen LogP contribution in [0.5, 0.6) is 0 Å². The second-order valence-electron chi connectivity index (χ2n) is 4.26. The van der Waals surface area contributed by atoms with E-state index in [1.165, 1.54) is 13.0 Å². The Labute approximate surface area is 113 Å². The van der Waals surface area contributed by atoms with Crippen molar-refractivity contribution in [1.82, 2.24) is 4.90 Å². The van der Waals surface area contributed by atoms with Crippen LogP contribution in [0.3, 0.4) is 0 Å². The highest BCUT2D eigenvalue weighted by molar-refractivity contribution is 5.96. The van der Waals surface area contributed by atoms with Crippen LogP contribution in [-0.2, 0) is 0 Å². The number of hydrogen-bond donors (Lipinski definition) is 0. The lowest BCUT2D eigenvalue weighted by atomic mass is 10.1. The minimum atomic E-state index is -4.36. The highest BCUT2D eigenvalue weighted by Crippen LogP contribution is 2.17. The first-order valence-electron chi connectivity index (χ1n) is 6.01. The molecule has 0 unspecified atom stereocenters. The van der Waals surface area contributed by atoms with Gasteiger partial charge in [-0.3, -0.25) is 9.69 Å². The van der Waals surface area contributed by atoms with Crippen molar-refractivity contribution in [2.24, 2.45) is 0 Å². The zero-order valence-corrected chi connectivity index (χ0v) is 10.8. The first kappa shape index (κ1) is 16.6. The average Bonchev–Trinajstić information content (AvgIpc) is 2.36. The normalized spacial score (nSPS) is 11.9. The van der Waals surface area contributed by atoms with E-state index in [9.17, 15) is 26.7 Å². The van der Waals surface area contributed by atoms with Crippen molar-refractivity contribution < 1.29 is 26.7 Å². The van der Waals surface area contributed by atoms with Crippen LogP contribution in [0.15, 0.2) is 18.2 Å². The molecule has 0 bridgehead atoms. The quantitative estimate of drug-likeness (QED) is 0.592. The van der Waals surface area contributed by atoms with E-state index in [2.05, 4.69) is 0 Å². The molecule has 20 heavy (non-hydrogen) atoms. The molecule has 0 radical (unpaired) electrons. The van der Waals surface area contributed by atoms with Gasteiger partial charge in [-0.15, -0.1) is 0 Å². The Kier molecular flexibility index (Phi) is 5.62. The predicted molar refractivity (Wildman–Crippen MR) is 63.5 cm³/mol. The molecule has 0 aromatic heterocycles. The molecule has 0 saturated carbocycles. The van der Waals surface area contributed by atoms with Crippen molar-refractivity contribution in [3.63, 3.8) is 0 Å². The number of halogens is 5. The molecule has 7 heteroatoms. The highest BCUT2D eigenvalue weighted by Gasteiger charge is 2.30. The van der Waals surface area contributed by atoms with Crippen LogP contribution in [0.4, 0.5) is 22.0 Å². The van der Waals surface area contributed by atoms with Crippen LogP contribution >= 0.6 is 0 Å². The van der Waals surface area contributed by atoms with E-state index >= 15 is 0 Å². The molecule has 0 aliphatic carbocycles. The summed E-state index contributed by atoms with van der Waals surface area (Å²) in [6.45, 7) is 0.338. The molecule has 0 heterocycles. The number of carbonyl (C=O) groups excluding carboxylic acids is 1. The summed E-state index contributed by atoms with van der Waals surface area (Å²) in [7, 11) is 0. The molecule has 0 fully saturated rings. The van der Waals surface area contributed by atoms with Crippen molar-refractivity contribution in [2.45, 2.75) is 19.5 Å². The topological polar surface area (TPSA) is 20.3 Å². The molecule has 0 spiro atoms. The molecule has 2 nitrogen and oxygen atoms in total. The number of benzene rings is 1. The maximum Gasteiger partial charge on any atom is 0.401 e. The van der Waals surface area contributed by atoms with Gasteiger partial charge in [0.1, 0.15) is 0 Å². The molecule has 1 aromatic rings. The maximum atomic E-state index is 13.3. The van der Waals surface area contributed by atoms with Gasteiger partial charge in [0.15, 0.2) is 17.4 Å². The van der Waals surface area contributed by atoms with Gasteiger partial charge in [0.2, 0.25) is 0 Å².